The van der Waals surface area contributed by atoms with Crippen LogP contribution in [-0.4, -0.2) is 16.9 Å². The van der Waals surface area contributed by atoms with Crippen molar-refractivity contribution in [3.63, 3.8) is 0 Å². The number of hydrogen-bond acceptors (Lipinski definition) is 2. The zero-order valence-electron chi connectivity index (χ0n) is 11.3. The Labute approximate surface area is 124 Å². The molecule has 1 saturated carbocycles. The molecule has 0 aliphatic heterocycles. The van der Waals surface area contributed by atoms with Gasteiger partial charge in [0.1, 0.15) is 0 Å². The Morgan fingerprint density at radius 1 is 1.35 bits per heavy atom. The van der Waals surface area contributed by atoms with Crippen molar-refractivity contribution in [2.75, 3.05) is 5.32 Å². The number of halogens is 1. The highest BCUT2D eigenvalue weighted by molar-refractivity contribution is 6.01. The number of nitrogens with two attached hydrogens (primary N) is 1. The maximum atomic E-state index is 12.1. The molecule has 0 saturated heterocycles. The molecule has 1 aromatic heterocycles. The average Bonchev–Trinajstić information content (AvgIpc) is 3.00. The van der Waals surface area contributed by atoms with E-state index in [0.29, 0.717) is 12.3 Å². The first-order valence-electron chi connectivity index (χ1n) is 6.85. The first-order chi connectivity index (χ1) is 9.24. The van der Waals surface area contributed by atoms with Gasteiger partial charge in [-0.1, -0.05) is 12.5 Å². The minimum atomic E-state index is 0. The second kappa shape index (κ2) is 6.29. The largest absolute Gasteiger partial charge is 0.361 e. The van der Waals surface area contributed by atoms with Crippen molar-refractivity contribution in [3.8, 4) is 0 Å². The Hall–Kier alpha value is -1.52. The quantitative estimate of drug-likeness (QED) is 0.814. The molecule has 4 N–H and O–H groups in total. The summed E-state index contributed by atoms with van der Waals surface area (Å²) in [6, 6.07) is 8.04. The van der Waals surface area contributed by atoms with Crippen molar-refractivity contribution < 1.29 is 4.79 Å². The molecule has 1 aromatic carbocycles. The Balaban J connectivity index is 0.00000147. The van der Waals surface area contributed by atoms with Crippen molar-refractivity contribution in [1.82, 2.24) is 4.98 Å². The van der Waals surface area contributed by atoms with Crippen molar-refractivity contribution in [2.24, 2.45) is 11.7 Å². The van der Waals surface area contributed by atoms with E-state index in [0.717, 1.165) is 35.9 Å². The normalized spacial score (nSPS) is 21.6. The monoisotopic (exact) mass is 293 g/mol. The van der Waals surface area contributed by atoms with Crippen LogP contribution in [-0.2, 0) is 4.79 Å². The molecule has 1 heterocycles. The summed E-state index contributed by atoms with van der Waals surface area (Å²) in [6.07, 6.45) is 5.68. The van der Waals surface area contributed by atoms with Crippen molar-refractivity contribution in [2.45, 2.75) is 31.7 Å². The molecule has 2 atom stereocenters. The van der Waals surface area contributed by atoms with E-state index in [1.807, 2.05) is 30.5 Å². The number of nitrogens with one attached hydrogen (secondary N) is 2. The minimum absolute atomic E-state index is 0. The molecule has 4 nitrogen and oxygen atoms in total. The van der Waals surface area contributed by atoms with Crippen molar-refractivity contribution in [3.05, 3.63) is 30.5 Å². The minimum Gasteiger partial charge on any atom is -0.361 e. The third-order valence-corrected chi connectivity index (χ3v) is 4.03. The van der Waals surface area contributed by atoms with Crippen LogP contribution in [0, 0.1) is 5.92 Å². The molecule has 1 fully saturated rings. The number of fused-ring (bicyclic) bond motifs is 1. The molecule has 3 rings (SSSR count). The summed E-state index contributed by atoms with van der Waals surface area (Å²) in [6.45, 7) is 0. The second-order valence-corrected chi connectivity index (χ2v) is 5.35. The van der Waals surface area contributed by atoms with Crippen LogP contribution in [0.5, 0.6) is 0 Å². The number of anilines is 1. The number of benzene rings is 1. The Bertz CT molecular complexity index is 596. The van der Waals surface area contributed by atoms with Gasteiger partial charge in [-0.15, -0.1) is 12.4 Å². The summed E-state index contributed by atoms with van der Waals surface area (Å²) in [4.78, 5) is 15.2. The zero-order valence-corrected chi connectivity index (χ0v) is 12.1. The molecule has 1 aliphatic rings. The predicted molar refractivity (Wildman–Crippen MR) is 84.1 cm³/mol. The van der Waals surface area contributed by atoms with Gasteiger partial charge in [0.15, 0.2) is 0 Å². The lowest BCUT2D eigenvalue weighted by molar-refractivity contribution is -0.117. The van der Waals surface area contributed by atoms with E-state index in [1.54, 1.807) is 0 Å². The molecule has 20 heavy (non-hydrogen) atoms. The van der Waals surface area contributed by atoms with E-state index < -0.39 is 0 Å². The SMILES string of the molecule is Cl.N[C@@H]1CCC[C@H]1CC(=O)Nc1cccc2[nH]ccc12. The highest BCUT2D eigenvalue weighted by Gasteiger charge is 2.26. The molecular weight excluding hydrogens is 274 g/mol. The van der Waals surface area contributed by atoms with Crippen LogP contribution in [0.15, 0.2) is 30.5 Å². The van der Waals surface area contributed by atoms with Gasteiger partial charge in [0, 0.05) is 29.6 Å². The van der Waals surface area contributed by atoms with Gasteiger partial charge in [-0.2, -0.15) is 0 Å². The van der Waals surface area contributed by atoms with Crippen molar-refractivity contribution >= 4 is 34.9 Å². The lowest BCUT2D eigenvalue weighted by atomic mass is 10.00. The smallest absolute Gasteiger partial charge is 0.224 e. The van der Waals surface area contributed by atoms with Gasteiger partial charge in [-0.3, -0.25) is 4.79 Å². The first kappa shape index (κ1) is 14.9. The van der Waals surface area contributed by atoms with E-state index in [9.17, 15) is 4.79 Å². The molecule has 0 unspecified atom stereocenters. The summed E-state index contributed by atoms with van der Waals surface area (Å²) < 4.78 is 0. The Morgan fingerprint density at radius 2 is 2.20 bits per heavy atom. The molecule has 1 amide bonds. The van der Waals surface area contributed by atoms with Gasteiger partial charge in [-0.05, 0) is 37.0 Å². The Kier molecular flexibility index (Phi) is 4.68. The number of rotatable bonds is 3. The summed E-state index contributed by atoms with van der Waals surface area (Å²) >= 11 is 0. The number of carbonyl (C=O) groups is 1. The highest BCUT2D eigenvalue weighted by atomic mass is 35.5. The Morgan fingerprint density at radius 3 is 2.95 bits per heavy atom. The van der Waals surface area contributed by atoms with E-state index in [4.69, 9.17) is 5.73 Å². The van der Waals surface area contributed by atoms with Gasteiger partial charge in [-0.25, -0.2) is 0 Å². The van der Waals surface area contributed by atoms with Gasteiger partial charge in [0.2, 0.25) is 5.91 Å². The third kappa shape index (κ3) is 2.97. The van der Waals surface area contributed by atoms with Crippen LogP contribution < -0.4 is 11.1 Å². The number of carbonyl (C=O) groups excluding carboxylic acids is 1. The highest BCUT2D eigenvalue weighted by Crippen LogP contribution is 2.28. The van der Waals surface area contributed by atoms with E-state index >= 15 is 0 Å². The number of aromatic nitrogens is 1. The van der Waals surface area contributed by atoms with Crippen LogP contribution >= 0.6 is 12.4 Å². The molecule has 108 valence electrons. The lowest BCUT2D eigenvalue weighted by Crippen LogP contribution is -2.28. The number of aromatic amines is 1. The first-order valence-corrected chi connectivity index (χ1v) is 6.85. The summed E-state index contributed by atoms with van der Waals surface area (Å²) in [7, 11) is 0. The van der Waals surface area contributed by atoms with Gasteiger partial charge in [0.05, 0.1) is 5.69 Å². The average molecular weight is 294 g/mol. The fourth-order valence-corrected chi connectivity index (χ4v) is 2.95. The molecule has 0 bridgehead atoms. The maximum Gasteiger partial charge on any atom is 0.224 e. The van der Waals surface area contributed by atoms with Crippen molar-refractivity contribution in [1.29, 1.82) is 0 Å². The fourth-order valence-electron chi connectivity index (χ4n) is 2.95. The molecular formula is C15H20ClN3O. The van der Waals surface area contributed by atoms with Gasteiger partial charge in [0.25, 0.3) is 0 Å². The number of hydrogen-bond donors (Lipinski definition) is 3. The molecule has 5 heteroatoms. The summed E-state index contributed by atoms with van der Waals surface area (Å²) in [5.41, 5.74) is 7.92. The molecule has 0 radical (unpaired) electrons. The molecule has 2 aromatic rings. The van der Waals surface area contributed by atoms with Crippen LogP contribution in [0.25, 0.3) is 10.9 Å². The second-order valence-electron chi connectivity index (χ2n) is 5.35. The lowest BCUT2D eigenvalue weighted by Gasteiger charge is -2.15. The summed E-state index contributed by atoms with van der Waals surface area (Å²) in [5, 5.41) is 4.05. The maximum absolute atomic E-state index is 12.1. The number of H-pyrrole nitrogens is 1. The third-order valence-electron chi connectivity index (χ3n) is 4.03. The molecule has 1 aliphatic carbocycles. The predicted octanol–water partition coefficient (Wildman–Crippen LogP) is 3.05. The van der Waals surface area contributed by atoms with Crippen LogP contribution in [0.4, 0.5) is 5.69 Å². The fraction of sp³-hybridized carbons (Fsp3) is 0.400. The van der Waals surface area contributed by atoms with Gasteiger partial charge >= 0.3 is 0 Å². The van der Waals surface area contributed by atoms with E-state index in [2.05, 4.69) is 10.3 Å². The van der Waals surface area contributed by atoms with Crippen LogP contribution in [0.1, 0.15) is 25.7 Å². The van der Waals surface area contributed by atoms with Crippen LogP contribution in [0.3, 0.4) is 0 Å². The summed E-state index contributed by atoms with van der Waals surface area (Å²) in [5.74, 6) is 0.404. The number of amides is 1. The topological polar surface area (TPSA) is 70.9 Å². The molecule has 0 spiro atoms. The zero-order chi connectivity index (χ0) is 13.2. The van der Waals surface area contributed by atoms with E-state index in [-0.39, 0.29) is 24.4 Å². The van der Waals surface area contributed by atoms with E-state index in [1.165, 1.54) is 0 Å². The standard InChI is InChI=1S/C15H19N3O.ClH/c16-12-4-1-3-10(12)9-15(19)18-14-6-2-5-13-11(14)7-8-17-13;/h2,5-8,10,12,17H,1,3-4,9,16H2,(H,18,19);1H/t10-,12+;/m0./s1. The van der Waals surface area contributed by atoms with Crippen LogP contribution in [0.2, 0.25) is 0 Å². The van der Waals surface area contributed by atoms with Gasteiger partial charge < -0.3 is 16.0 Å².